The van der Waals surface area contributed by atoms with Crippen LogP contribution in [0.15, 0.2) is 66.9 Å². The molecule has 1 aliphatic heterocycles. The number of carbonyl (C=O) groups excluding carboxylic acids is 1. The molecule has 1 amide bonds. The number of amides is 1. The SMILES string of the molecule is COCc1cc(C(=O)NC2(c3ccc(CN[C@@H]4CCOC[C@H]4O)c(OC)n3)C=CC=C(c3ccccc3Cl)C2Cl)ncc1CO. The molecule has 238 valence electrons. The number of halogens is 2. The Morgan fingerprint density at radius 2 is 2.00 bits per heavy atom. The van der Waals surface area contributed by atoms with Gasteiger partial charge in [0.1, 0.15) is 11.2 Å². The van der Waals surface area contributed by atoms with Gasteiger partial charge in [-0.1, -0.05) is 54.1 Å². The number of hydrogen-bond donors (Lipinski definition) is 4. The highest BCUT2D eigenvalue weighted by Gasteiger charge is 2.45. The van der Waals surface area contributed by atoms with Crippen LogP contribution in [0.2, 0.25) is 5.02 Å². The molecular formula is C33H36Cl2N4O6. The van der Waals surface area contributed by atoms with E-state index in [0.717, 1.165) is 11.1 Å². The van der Waals surface area contributed by atoms with Crippen molar-refractivity contribution in [2.45, 2.75) is 49.2 Å². The van der Waals surface area contributed by atoms with Crippen LogP contribution in [0.5, 0.6) is 5.88 Å². The molecular weight excluding hydrogens is 619 g/mol. The van der Waals surface area contributed by atoms with Gasteiger partial charge in [0.15, 0.2) is 0 Å². The molecule has 2 unspecified atom stereocenters. The van der Waals surface area contributed by atoms with Crippen LogP contribution in [0.1, 0.15) is 44.9 Å². The lowest BCUT2D eigenvalue weighted by Gasteiger charge is -2.39. The Morgan fingerprint density at radius 1 is 1.18 bits per heavy atom. The van der Waals surface area contributed by atoms with Crippen LogP contribution in [0.25, 0.3) is 5.57 Å². The highest BCUT2D eigenvalue weighted by Crippen LogP contribution is 2.43. The summed E-state index contributed by atoms with van der Waals surface area (Å²) < 4.78 is 16.3. The number of aromatic nitrogens is 2. The van der Waals surface area contributed by atoms with Crippen molar-refractivity contribution in [3.05, 3.63) is 106 Å². The number of hydrogen-bond acceptors (Lipinski definition) is 9. The Kier molecular flexibility index (Phi) is 10.9. The van der Waals surface area contributed by atoms with Gasteiger partial charge in [-0.2, -0.15) is 0 Å². The quantitative estimate of drug-likeness (QED) is 0.227. The van der Waals surface area contributed by atoms with Crippen molar-refractivity contribution >= 4 is 34.7 Å². The van der Waals surface area contributed by atoms with Crippen molar-refractivity contribution in [2.24, 2.45) is 0 Å². The average molecular weight is 656 g/mol. The maximum atomic E-state index is 13.9. The van der Waals surface area contributed by atoms with E-state index < -0.39 is 22.9 Å². The predicted octanol–water partition coefficient (Wildman–Crippen LogP) is 3.90. The molecule has 1 aliphatic carbocycles. The minimum Gasteiger partial charge on any atom is -0.481 e. The van der Waals surface area contributed by atoms with E-state index in [1.807, 2.05) is 36.4 Å². The molecule has 0 radical (unpaired) electrons. The van der Waals surface area contributed by atoms with Crippen molar-refractivity contribution in [2.75, 3.05) is 27.4 Å². The molecule has 45 heavy (non-hydrogen) atoms. The Hall–Kier alpha value is -3.35. The number of nitrogens with zero attached hydrogens (tertiary/aromatic N) is 2. The van der Waals surface area contributed by atoms with E-state index in [4.69, 9.17) is 42.4 Å². The summed E-state index contributed by atoms with van der Waals surface area (Å²) in [6.45, 7) is 1.20. The molecule has 1 fully saturated rings. The van der Waals surface area contributed by atoms with Crippen LogP contribution in [0.4, 0.5) is 0 Å². The molecule has 5 rings (SSSR count). The molecule has 4 atom stereocenters. The monoisotopic (exact) mass is 654 g/mol. The van der Waals surface area contributed by atoms with Crippen LogP contribution < -0.4 is 15.4 Å². The number of rotatable bonds is 11. The van der Waals surface area contributed by atoms with Gasteiger partial charge in [0.05, 0.1) is 44.1 Å². The number of benzene rings is 1. The smallest absolute Gasteiger partial charge is 0.270 e. The number of aliphatic hydroxyl groups excluding tert-OH is 2. The van der Waals surface area contributed by atoms with E-state index in [0.29, 0.717) is 52.9 Å². The van der Waals surface area contributed by atoms with Crippen LogP contribution in [0.3, 0.4) is 0 Å². The summed E-state index contributed by atoms with van der Waals surface area (Å²) in [5.41, 5.74) is 2.57. The first-order valence-electron chi connectivity index (χ1n) is 14.5. The molecule has 0 saturated carbocycles. The van der Waals surface area contributed by atoms with Crippen LogP contribution in [-0.4, -0.2) is 71.0 Å². The fourth-order valence-electron chi connectivity index (χ4n) is 5.57. The molecule has 2 aliphatic rings. The first kappa shape index (κ1) is 33.0. The minimum absolute atomic E-state index is 0.118. The number of ether oxygens (including phenoxy) is 3. The molecule has 4 N–H and O–H groups in total. The number of aliphatic hydroxyl groups is 2. The third kappa shape index (κ3) is 7.07. The fourth-order valence-corrected chi connectivity index (χ4v) is 6.24. The highest BCUT2D eigenvalue weighted by molar-refractivity contribution is 6.34. The molecule has 2 aromatic heterocycles. The van der Waals surface area contributed by atoms with Crippen LogP contribution >= 0.6 is 23.2 Å². The molecule has 10 nitrogen and oxygen atoms in total. The minimum atomic E-state index is -1.35. The number of methoxy groups -OCH3 is 2. The van der Waals surface area contributed by atoms with Crippen LogP contribution in [0, 0.1) is 0 Å². The summed E-state index contributed by atoms with van der Waals surface area (Å²) in [5, 5.41) is 26.2. The topological polar surface area (TPSA) is 135 Å². The fraction of sp³-hybridized carbons (Fsp3) is 0.364. The van der Waals surface area contributed by atoms with E-state index in [-0.39, 0.29) is 31.6 Å². The van der Waals surface area contributed by atoms with Crippen molar-refractivity contribution < 1.29 is 29.2 Å². The van der Waals surface area contributed by atoms with Gasteiger partial charge in [-0.05, 0) is 41.3 Å². The van der Waals surface area contributed by atoms with Crippen molar-refractivity contribution in [1.29, 1.82) is 0 Å². The van der Waals surface area contributed by atoms with Gasteiger partial charge in [-0.25, -0.2) is 4.98 Å². The molecule has 12 heteroatoms. The van der Waals surface area contributed by atoms with E-state index in [1.54, 1.807) is 24.3 Å². The number of allylic oxidation sites excluding steroid dienone is 2. The van der Waals surface area contributed by atoms with E-state index >= 15 is 0 Å². The second-order valence-electron chi connectivity index (χ2n) is 10.9. The normalized spacial score (nSPS) is 23.0. The van der Waals surface area contributed by atoms with Gasteiger partial charge in [0.2, 0.25) is 5.88 Å². The lowest BCUT2D eigenvalue weighted by Crippen LogP contribution is -2.52. The third-order valence-electron chi connectivity index (χ3n) is 8.04. The average Bonchev–Trinajstić information content (AvgIpc) is 3.06. The second kappa shape index (κ2) is 14.8. The molecule has 0 bridgehead atoms. The molecule has 1 aromatic carbocycles. The Bertz CT molecular complexity index is 1580. The summed E-state index contributed by atoms with van der Waals surface area (Å²) in [6.07, 6.45) is 6.99. The number of nitrogens with one attached hydrogen (secondary N) is 2. The Labute approximate surface area is 272 Å². The van der Waals surface area contributed by atoms with E-state index in [2.05, 4.69) is 15.6 Å². The van der Waals surface area contributed by atoms with Gasteiger partial charge in [0.25, 0.3) is 5.91 Å². The summed E-state index contributed by atoms with van der Waals surface area (Å²) in [6, 6.07) is 12.5. The third-order valence-corrected chi connectivity index (χ3v) is 8.94. The molecule has 0 spiro atoms. The second-order valence-corrected chi connectivity index (χ2v) is 11.7. The zero-order chi connectivity index (χ0) is 32.0. The molecule has 3 heterocycles. The van der Waals surface area contributed by atoms with Gasteiger partial charge >= 0.3 is 0 Å². The molecule has 3 aromatic rings. The summed E-state index contributed by atoms with van der Waals surface area (Å²) >= 11 is 13.9. The Morgan fingerprint density at radius 3 is 2.73 bits per heavy atom. The van der Waals surface area contributed by atoms with E-state index in [1.165, 1.54) is 20.4 Å². The first-order chi connectivity index (χ1) is 21.8. The van der Waals surface area contributed by atoms with E-state index in [9.17, 15) is 15.0 Å². The van der Waals surface area contributed by atoms with Crippen molar-refractivity contribution in [3.8, 4) is 5.88 Å². The first-order valence-corrected chi connectivity index (χ1v) is 15.3. The van der Waals surface area contributed by atoms with Gasteiger partial charge < -0.3 is 35.1 Å². The Balaban J connectivity index is 1.53. The van der Waals surface area contributed by atoms with Crippen molar-refractivity contribution in [3.63, 3.8) is 0 Å². The highest BCUT2D eigenvalue weighted by atomic mass is 35.5. The largest absolute Gasteiger partial charge is 0.481 e. The predicted molar refractivity (Wildman–Crippen MR) is 171 cm³/mol. The van der Waals surface area contributed by atoms with Gasteiger partial charge in [-0.15, -0.1) is 11.6 Å². The lowest BCUT2D eigenvalue weighted by molar-refractivity contribution is -0.0281. The zero-order valence-corrected chi connectivity index (χ0v) is 26.5. The number of alkyl halides is 1. The lowest BCUT2D eigenvalue weighted by atomic mass is 9.80. The summed E-state index contributed by atoms with van der Waals surface area (Å²) in [5.74, 6) is -0.165. The summed E-state index contributed by atoms with van der Waals surface area (Å²) in [7, 11) is 3.06. The maximum absolute atomic E-state index is 13.9. The van der Waals surface area contributed by atoms with Gasteiger partial charge in [0, 0.05) is 48.6 Å². The van der Waals surface area contributed by atoms with Crippen LogP contribution in [-0.2, 0) is 34.8 Å². The maximum Gasteiger partial charge on any atom is 0.270 e. The number of carbonyl (C=O) groups is 1. The molecule has 1 saturated heterocycles. The summed E-state index contributed by atoms with van der Waals surface area (Å²) in [4.78, 5) is 23.1. The van der Waals surface area contributed by atoms with Gasteiger partial charge in [-0.3, -0.25) is 9.78 Å². The zero-order valence-electron chi connectivity index (χ0n) is 25.0. The number of pyridine rings is 2. The standard InChI is InChI=1S/C33H36Cl2N4O6/c1-43-18-21-14-27(37-16-22(21)17-40)31(42)39-33(12-5-7-24(30(33)35)23-6-3-4-8-25(23)34)29-10-9-20(32(38-29)44-2)15-36-26-11-13-45-19-28(26)41/h3-10,12,14,16,26,28,30,36,40-41H,11,13,15,17-19H2,1-2H3,(H,39,42)/t26-,28-,30?,33?/m1/s1. The van der Waals surface area contributed by atoms with Crippen molar-refractivity contribution in [1.82, 2.24) is 20.6 Å².